The van der Waals surface area contributed by atoms with Crippen molar-refractivity contribution in [3.8, 4) is 0 Å². The zero-order valence-corrected chi connectivity index (χ0v) is 13.3. The minimum Gasteiger partial charge on any atom is -0.381 e. The van der Waals surface area contributed by atoms with Gasteiger partial charge in [0.15, 0.2) is 0 Å². The highest BCUT2D eigenvalue weighted by Gasteiger charge is 2.22. The summed E-state index contributed by atoms with van der Waals surface area (Å²) < 4.78 is 39.9. The molecule has 1 aromatic rings. The minimum atomic E-state index is -3.70. The van der Waals surface area contributed by atoms with E-state index in [-0.39, 0.29) is 24.2 Å². The molecule has 1 aliphatic rings. The molecule has 0 unspecified atom stereocenters. The number of rotatable bonds is 6. The van der Waals surface area contributed by atoms with Crippen molar-refractivity contribution in [1.82, 2.24) is 0 Å². The van der Waals surface area contributed by atoms with Crippen LogP contribution in [0.15, 0.2) is 29.2 Å². The van der Waals surface area contributed by atoms with Gasteiger partial charge >= 0.3 is 0 Å². The van der Waals surface area contributed by atoms with Crippen LogP contribution in [0, 0.1) is 12.8 Å². The smallest absolute Gasteiger partial charge is 0.297 e. The molecular formula is C15H22O5S. The van der Waals surface area contributed by atoms with Gasteiger partial charge in [0.1, 0.15) is 0 Å². The second kappa shape index (κ2) is 7.35. The van der Waals surface area contributed by atoms with E-state index < -0.39 is 10.1 Å². The SMILES string of the molecule is Cc1ccc(S(=O)(=O)OCCO[C@H]2CCOC[C@@H]2C)cc1. The normalized spacial score (nSPS) is 23.1. The van der Waals surface area contributed by atoms with Gasteiger partial charge in [0.05, 0.1) is 30.8 Å². The Bertz CT molecular complexity index is 538. The van der Waals surface area contributed by atoms with Crippen LogP contribution in [0.5, 0.6) is 0 Å². The first-order chi connectivity index (χ1) is 9.99. The van der Waals surface area contributed by atoms with Gasteiger partial charge in [-0.1, -0.05) is 24.6 Å². The van der Waals surface area contributed by atoms with Gasteiger partial charge in [-0.25, -0.2) is 0 Å². The van der Waals surface area contributed by atoms with E-state index in [0.29, 0.717) is 19.1 Å². The number of aryl methyl sites for hydroxylation is 1. The van der Waals surface area contributed by atoms with Crippen molar-refractivity contribution in [1.29, 1.82) is 0 Å². The molecule has 0 bridgehead atoms. The van der Waals surface area contributed by atoms with Gasteiger partial charge in [-0.3, -0.25) is 4.18 Å². The van der Waals surface area contributed by atoms with Crippen LogP contribution in [0.4, 0.5) is 0 Å². The number of hydrogen-bond acceptors (Lipinski definition) is 5. The number of ether oxygens (including phenoxy) is 2. The van der Waals surface area contributed by atoms with Crippen LogP contribution in [0.3, 0.4) is 0 Å². The molecule has 1 fully saturated rings. The van der Waals surface area contributed by atoms with Gasteiger partial charge in [0.25, 0.3) is 10.1 Å². The molecule has 2 rings (SSSR count). The monoisotopic (exact) mass is 314 g/mol. The first-order valence-corrected chi connectivity index (χ1v) is 8.55. The Morgan fingerprint density at radius 2 is 1.95 bits per heavy atom. The van der Waals surface area contributed by atoms with Crippen molar-refractivity contribution >= 4 is 10.1 Å². The lowest BCUT2D eigenvalue weighted by Gasteiger charge is -2.28. The van der Waals surface area contributed by atoms with E-state index in [1.165, 1.54) is 0 Å². The van der Waals surface area contributed by atoms with Crippen molar-refractivity contribution in [2.75, 3.05) is 26.4 Å². The molecule has 0 radical (unpaired) electrons. The zero-order chi connectivity index (χ0) is 15.3. The first kappa shape index (κ1) is 16.4. The molecule has 0 N–H and O–H groups in total. The summed E-state index contributed by atoms with van der Waals surface area (Å²) in [7, 11) is -3.70. The highest BCUT2D eigenvalue weighted by Crippen LogP contribution is 2.18. The number of benzene rings is 1. The lowest BCUT2D eigenvalue weighted by molar-refractivity contribution is -0.0729. The molecule has 1 saturated heterocycles. The molecule has 1 aromatic carbocycles. The fraction of sp³-hybridized carbons (Fsp3) is 0.600. The van der Waals surface area contributed by atoms with Crippen molar-refractivity contribution in [3.05, 3.63) is 29.8 Å². The zero-order valence-electron chi connectivity index (χ0n) is 12.4. The van der Waals surface area contributed by atoms with E-state index in [1.54, 1.807) is 24.3 Å². The average molecular weight is 314 g/mol. The first-order valence-electron chi connectivity index (χ1n) is 7.14. The second-order valence-corrected chi connectivity index (χ2v) is 6.95. The van der Waals surface area contributed by atoms with Crippen LogP contribution in [0.1, 0.15) is 18.9 Å². The second-order valence-electron chi connectivity index (χ2n) is 5.34. The third-order valence-corrected chi connectivity index (χ3v) is 4.85. The van der Waals surface area contributed by atoms with E-state index in [1.807, 2.05) is 6.92 Å². The minimum absolute atomic E-state index is 0.0281. The summed E-state index contributed by atoms with van der Waals surface area (Å²) in [6.45, 7) is 5.64. The molecule has 5 nitrogen and oxygen atoms in total. The molecule has 1 aliphatic heterocycles. The third kappa shape index (κ3) is 4.78. The predicted octanol–water partition coefficient (Wildman–Crippen LogP) is 2.14. The molecule has 2 atom stereocenters. The molecule has 6 heteroatoms. The highest BCUT2D eigenvalue weighted by molar-refractivity contribution is 7.86. The van der Waals surface area contributed by atoms with Gasteiger partial charge in [-0.2, -0.15) is 8.42 Å². The Balaban J connectivity index is 1.78. The van der Waals surface area contributed by atoms with Gasteiger partial charge in [0.2, 0.25) is 0 Å². The molecule has 118 valence electrons. The lowest BCUT2D eigenvalue weighted by Crippen LogP contribution is -2.33. The summed E-state index contributed by atoms with van der Waals surface area (Å²) in [6, 6.07) is 6.59. The van der Waals surface area contributed by atoms with Crippen molar-refractivity contribution < 1.29 is 22.1 Å². The van der Waals surface area contributed by atoms with Gasteiger partial charge in [-0.15, -0.1) is 0 Å². The molecular weight excluding hydrogens is 292 g/mol. The van der Waals surface area contributed by atoms with E-state index in [0.717, 1.165) is 12.0 Å². The van der Waals surface area contributed by atoms with E-state index >= 15 is 0 Å². The Kier molecular flexibility index (Phi) is 5.75. The summed E-state index contributed by atoms with van der Waals surface area (Å²) in [4.78, 5) is 0.174. The van der Waals surface area contributed by atoms with Crippen LogP contribution >= 0.6 is 0 Å². The summed E-state index contributed by atoms with van der Waals surface area (Å²) in [6.07, 6.45) is 0.954. The predicted molar refractivity (Wildman–Crippen MR) is 78.7 cm³/mol. The van der Waals surface area contributed by atoms with Crippen LogP contribution in [0.2, 0.25) is 0 Å². The summed E-state index contributed by atoms with van der Waals surface area (Å²) >= 11 is 0. The molecule has 0 saturated carbocycles. The molecule has 0 aliphatic carbocycles. The maximum atomic E-state index is 12.0. The van der Waals surface area contributed by atoms with Gasteiger partial charge < -0.3 is 9.47 Å². The van der Waals surface area contributed by atoms with Crippen molar-refractivity contribution in [3.63, 3.8) is 0 Å². The van der Waals surface area contributed by atoms with Crippen LogP contribution in [0.25, 0.3) is 0 Å². The lowest BCUT2D eigenvalue weighted by atomic mass is 10.0. The standard InChI is InChI=1S/C15H22O5S/c1-12-3-5-14(6-4-12)21(16,17)20-10-9-19-15-7-8-18-11-13(15)2/h3-6,13,15H,7-11H2,1-2H3/t13-,15-/m0/s1. The van der Waals surface area contributed by atoms with Crippen molar-refractivity contribution in [2.24, 2.45) is 5.92 Å². The van der Waals surface area contributed by atoms with Gasteiger partial charge in [0, 0.05) is 12.5 Å². The maximum Gasteiger partial charge on any atom is 0.297 e. The Labute approximate surface area is 126 Å². The Morgan fingerprint density at radius 1 is 1.24 bits per heavy atom. The van der Waals surface area contributed by atoms with E-state index in [9.17, 15) is 8.42 Å². The van der Waals surface area contributed by atoms with Crippen LogP contribution in [-0.2, 0) is 23.8 Å². The molecule has 21 heavy (non-hydrogen) atoms. The fourth-order valence-corrected chi connectivity index (χ4v) is 3.12. The molecule has 1 heterocycles. The highest BCUT2D eigenvalue weighted by atomic mass is 32.2. The fourth-order valence-electron chi connectivity index (χ4n) is 2.22. The quantitative estimate of drug-likeness (QED) is 0.595. The Hall–Kier alpha value is -0.950. The molecule has 0 aromatic heterocycles. The average Bonchev–Trinajstić information content (AvgIpc) is 2.46. The largest absolute Gasteiger partial charge is 0.381 e. The van der Waals surface area contributed by atoms with Crippen LogP contribution in [-0.4, -0.2) is 40.9 Å². The summed E-state index contributed by atoms with van der Waals surface area (Å²) in [5.74, 6) is 0.326. The number of hydrogen-bond donors (Lipinski definition) is 0. The van der Waals surface area contributed by atoms with Gasteiger partial charge in [-0.05, 0) is 25.5 Å². The molecule has 0 amide bonds. The summed E-state index contributed by atoms with van der Waals surface area (Å²) in [5, 5.41) is 0. The summed E-state index contributed by atoms with van der Waals surface area (Å²) in [5.41, 5.74) is 1.01. The van der Waals surface area contributed by atoms with Crippen molar-refractivity contribution in [2.45, 2.75) is 31.3 Å². The van der Waals surface area contributed by atoms with E-state index in [2.05, 4.69) is 6.92 Å². The molecule has 0 spiro atoms. The maximum absolute atomic E-state index is 12.0. The topological polar surface area (TPSA) is 61.8 Å². The Morgan fingerprint density at radius 3 is 2.62 bits per heavy atom. The van der Waals surface area contributed by atoms with E-state index in [4.69, 9.17) is 13.7 Å². The third-order valence-electron chi connectivity index (χ3n) is 3.53. The van der Waals surface area contributed by atoms with Crippen LogP contribution < -0.4 is 0 Å².